The molecule has 3 aromatic rings. The number of nitrogens with zero attached hydrogens (tertiary/aromatic N) is 4. The number of likely N-dealkylation sites (tertiary alicyclic amines) is 1. The van der Waals surface area contributed by atoms with Crippen LogP contribution in [0.4, 0.5) is 0 Å². The second-order valence-electron chi connectivity index (χ2n) is 7.05. The summed E-state index contributed by atoms with van der Waals surface area (Å²) in [5, 5.41) is 3.10. The van der Waals surface area contributed by atoms with Crippen LogP contribution in [0.25, 0.3) is 0 Å². The minimum absolute atomic E-state index is 0.104. The van der Waals surface area contributed by atoms with Crippen LogP contribution >= 0.6 is 11.3 Å². The number of fused-ring (bicyclic) bond motifs is 3. The summed E-state index contributed by atoms with van der Waals surface area (Å²) in [6, 6.07) is 6.35. The number of carbonyl (C=O) groups is 1. The maximum Gasteiger partial charge on any atom is 0.271 e. The minimum atomic E-state index is 0.104. The van der Waals surface area contributed by atoms with Crippen molar-refractivity contribution in [2.24, 2.45) is 0 Å². The van der Waals surface area contributed by atoms with Crippen molar-refractivity contribution in [2.45, 2.75) is 32.1 Å². The van der Waals surface area contributed by atoms with E-state index >= 15 is 0 Å². The van der Waals surface area contributed by atoms with E-state index in [1.165, 1.54) is 5.56 Å². The number of furan rings is 1. The Bertz CT molecular complexity index is 929. The van der Waals surface area contributed by atoms with E-state index in [4.69, 9.17) is 4.42 Å². The fourth-order valence-electron chi connectivity index (χ4n) is 4.20. The summed E-state index contributed by atoms with van der Waals surface area (Å²) in [5.41, 5.74) is 2.93. The van der Waals surface area contributed by atoms with Crippen molar-refractivity contribution in [1.82, 2.24) is 19.4 Å². The van der Waals surface area contributed by atoms with Crippen LogP contribution in [0.5, 0.6) is 0 Å². The Labute approximate surface area is 155 Å². The predicted molar refractivity (Wildman–Crippen MR) is 98.0 cm³/mol. The molecule has 2 atom stereocenters. The maximum atomic E-state index is 13.1. The number of aromatic nitrogens is 2. The van der Waals surface area contributed by atoms with Gasteiger partial charge in [0.25, 0.3) is 5.91 Å². The van der Waals surface area contributed by atoms with E-state index in [1.807, 2.05) is 36.2 Å². The van der Waals surface area contributed by atoms with Gasteiger partial charge in [-0.2, -0.15) is 0 Å². The van der Waals surface area contributed by atoms with Gasteiger partial charge in [-0.3, -0.25) is 9.69 Å². The molecule has 1 saturated heterocycles. The predicted octanol–water partition coefficient (Wildman–Crippen LogP) is 2.93. The molecule has 1 amide bonds. The van der Waals surface area contributed by atoms with Crippen LogP contribution < -0.4 is 0 Å². The van der Waals surface area contributed by atoms with Gasteiger partial charge in [-0.05, 0) is 25.1 Å². The third-order valence-electron chi connectivity index (χ3n) is 5.34. The van der Waals surface area contributed by atoms with Crippen LogP contribution in [0.1, 0.15) is 32.8 Å². The lowest BCUT2D eigenvalue weighted by Gasteiger charge is -2.38. The number of hydrogen-bond donors (Lipinski definition) is 0. The van der Waals surface area contributed by atoms with Gasteiger partial charge in [0, 0.05) is 36.8 Å². The summed E-state index contributed by atoms with van der Waals surface area (Å²) < 4.78 is 7.36. The molecule has 7 heteroatoms. The van der Waals surface area contributed by atoms with Crippen molar-refractivity contribution in [1.29, 1.82) is 0 Å². The molecule has 0 aromatic carbocycles. The number of rotatable bonds is 4. The van der Waals surface area contributed by atoms with Crippen LogP contribution in [0.2, 0.25) is 0 Å². The average molecular weight is 368 g/mol. The van der Waals surface area contributed by atoms with E-state index < -0.39 is 0 Å². The standard InChI is InChI=1S/C19H20N4O2S/c1-13-20-15(12-26-13)8-23-18-10-21(7-14-4-6-25-11-14)9-17(18)22-5-2-3-16(22)19(23)24/h2-6,11-12,17-18H,7-10H2,1H3/t17-,18-/m0/s1. The smallest absolute Gasteiger partial charge is 0.271 e. The average Bonchev–Trinajstić information content (AvgIpc) is 3.39. The highest BCUT2D eigenvalue weighted by molar-refractivity contribution is 7.09. The van der Waals surface area contributed by atoms with Crippen molar-refractivity contribution in [3.8, 4) is 0 Å². The first-order valence-corrected chi connectivity index (χ1v) is 9.69. The fraction of sp³-hybridized carbons (Fsp3) is 0.368. The van der Waals surface area contributed by atoms with Crippen molar-refractivity contribution in [3.05, 3.63) is 64.3 Å². The molecule has 0 N–H and O–H groups in total. The SMILES string of the molecule is Cc1nc(CN2C(=O)c3cccn3[C@H]3CN(Cc4ccoc4)C[C@@H]32)cs1. The Morgan fingerprint density at radius 1 is 1.27 bits per heavy atom. The summed E-state index contributed by atoms with van der Waals surface area (Å²) >= 11 is 1.63. The van der Waals surface area contributed by atoms with Gasteiger partial charge in [0.05, 0.1) is 41.9 Å². The number of carbonyl (C=O) groups excluding carboxylic acids is 1. The van der Waals surface area contributed by atoms with Crippen LogP contribution in [-0.4, -0.2) is 44.4 Å². The van der Waals surface area contributed by atoms with Crippen molar-refractivity contribution in [2.75, 3.05) is 13.1 Å². The largest absolute Gasteiger partial charge is 0.472 e. The van der Waals surface area contributed by atoms with Crippen molar-refractivity contribution < 1.29 is 9.21 Å². The van der Waals surface area contributed by atoms with Crippen molar-refractivity contribution in [3.63, 3.8) is 0 Å². The molecule has 0 spiro atoms. The number of hydrogen-bond acceptors (Lipinski definition) is 5. The maximum absolute atomic E-state index is 13.1. The third kappa shape index (κ3) is 2.59. The molecule has 6 nitrogen and oxygen atoms in total. The lowest BCUT2D eigenvalue weighted by atomic mass is 10.1. The van der Waals surface area contributed by atoms with Gasteiger partial charge < -0.3 is 13.9 Å². The Morgan fingerprint density at radius 2 is 2.15 bits per heavy atom. The van der Waals surface area contributed by atoms with Gasteiger partial charge in [0.1, 0.15) is 5.69 Å². The fourth-order valence-corrected chi connectivity index (χ4v) is 4.81. The van der Waals surface area contributed by atoms with Gasteiger partial charge in [-0.15, -0.1) is 11.3 Å². The number of aryl methyl sites for hydroxylation is 1. The first kappa shape index (κ1) is 15.8. The Kier molecular flexibility index (Phi) is 3.72. The van der Waals surface area contributed by atoms with Crippen molar-refractivity contribution >= 4 is 17.2 Å². The monoisotopic (exact) mass is 368 g/mol. The molecule has 134 valence electrons. The first-order valence-electron chi connectivity index (χ1n) is 8.81. The first-order chi connectivity index (χ1) is 12.7. The molecule has 0 bridgehead atoms. The van der Waals surface area contributed by atoms with Gasteiger partial charge in [0.2, 0.25) is 0 Å². The Morgan fingerprint density at radius 3 is 2.92 bits per heavy atom. The highest BCUT2D eigenvalue weighted by atomic mass is 32.1. The zero-order chi connectivity index (χ0) is 17.7. The molecule has 0 aliphatic carbocycles. The van der Waals surface area contributed by atoms with Crippen LogP contribution in [0.3, 0.4) is 0 Å². The normalized spacial score (nSPS) is 22.7. The van der Waals surface area contributed by atoms with Gasteiger partial charge in [-0.1, -0.05) is 0 Å². The molecule has 5 heterocycles. The Balaban J connectivity index is 1.45. The van der Waals surface area contributed by atoms with E-state index in [1.54, 1.807) is 23.9 Å². The summed E-state index contributed by atoms with van der Waals surface area (Å²) in [7, 11) is 0. The molecular weight excluding hydrogens is 348 g/mol. The topological polar surface area (TPSA) is 54.5 Å². The molecular formula is C19H20N4O2S. The second-order valence-corrected chi connectivity index (χ2v) is 8.11. The zero-order valence-corrected chi connectivity index (χ0v) is 15.4. The van der Waals surface area contributed by atoms with E-state index in [0.717, 1.165) is 36.0 Å². The quantitative estimate of drug-likeness (QED) is 0.711. The number of amides is 1. The van der Waals surface area contributed by atoms with Crippen LogP contribution in [0.15, 0.2) is 46.7 Å². The molecule has 26 heavy (non-hydrogen) atoms. The summed E-state index contributed by atoms with van der Waals surface area (Å²) in [5.74, 6) is 0.104. The second kappa shape index (κ2) is 6.10. The number of thiazole rings is 1. The molecule has 2 aliphatic rings. The molecule has 0 unspecified atom stereocenters. The minimum Gasteiger partial charge on any atom is -0.472 e. The summed E-state index contributed by atoms with van der Waals surface area (Å²) in [6.07, 6.45) is 5.55. The van der Waals surface area contributed by atoms with E-state index in [-0.39, 0.29) is 18.0 Å². The molecule has 0 saturated carbocycles. The van der Waals surface area contributed by atoms with Gasteiger partial charge in [-0.25, -0.2) is 4.98 Å². The molecule has 1 fully saturated rings. The van der Waals surface area contributed by atoms with E-state index in [9.17, 15) is 4.79 Å². The van der Waals surface area contributed by atoms with Crippen LogP contribution in [0, 0.1) is 6.92 Å². The van der Waals surface area contributed by atoms with E-state index in [0.29, 0.717) is 6.54 Å². The highest BCUT2D eigenvalue weighted by Gasteiger charge is 2.45. The highest BCUT2D eigenvalue weighted by Crippen LogP contribution is 2.35. The third-order valence-corrected chi connectivity index (χ3v) is 6.16. The van der Waals surface area contributed by atoms with Crippen LogP contribution in [-0.2, 0) is 13.1 Å². The zero-order valence-electron chi connectivity index (χ0n) is 14.5. The summed E-state index contributed by atoms with van der Waals surface area (Å²) in [6.45, 7) is 5.22. The lowest BCUT2D eigenvalue weighted by Crippen LogP contribution is -2.49. The molecule has 0 radical (unpaired) electrons. The van der Waals surface area contributed by atoms with E-state index in [2.05, 4.69) is 19.8 Å². The molecule has 2 aliphatic heterocycles. The van der Waals surface area contributed by atoms with Gasteiger partial charge in [0.15, 0.2) is 0 Å². The molecule has 3 aromatic heterocycles. The van der Waals surface area contributed by atoms with Gasteiger partial charge >= 0.3 is 0 Å². The molecule has 5 rings (SSSR count). The summed E-state index contributed by atoms with van der Waals surface area (Å²) in [4.78, 5) is 22.1. The lowest BCUT2D eigenvalue weighted by molar-refractivity contribution is 0.0553. The Hall–Kier alpha value is -2.38.